The molecule has 1 saturated heterocycles. The third kappa shape index (κ3) is 1.73. The molecule has 1 aliphatic rings. The highest BCUT2D eigenvalue weighted by Gasteiger charge is 2.21. The molecule has 0 amide bonds. The minimum Gasteiger partial charge on any atom is -0.299 e. The highest BCUT2D eigenvalue weighted by molar-refractivity contribution is 5.20. The number of hydrogen-bond donors (Lipinski definition) is 0. The fourth-order valence-corrected chi connectivity index (χ4v) is 2.02. The normalized spacial score (nSPS) is 23.7. The van der Waals surface area contributed by atoms with Crippen molar-refractivity contribution in [2.75, 3.05) is 13.6 Å². The lowest BCUT2D eigenvalue weighted by molar-refractivity contribution is 0.317. The predicted octanol–water partition coefficient (Wildman–Crippen LogP) is 2.59. The van der Waals surface area contributed by atoms with Crippen molar-refractivity contribution in [2.45, 2.75) is 18.9 Å². The number of halogens is 1. The van der Waals surface area contributed by atoms with Gasteiger partial charge in [-0.25, -0.2) is 4.39 Å². The summed E-state index contributed by atoms with van der Waals surface area (Å²) in [6.07, 6.45) is 2.45. The molecule has 0 aliphatic carbocycles. The van der Waals surface area contributed by atoms with E-state index in [1.807, 2.05) is 12.1 Å². The third-order valence-corrected chi connectivity index (χ3v) is 2.78. The Morgan fingerprint density at radius 1 is 1.31 bits per heavy atom. The van der Waals surface area contributed by atoms with Gasteiger partial charge in [0, 0.05) is 6.04 Å². The topological polar surface area (TPSA) is 3.24 Å². The van der Waals surface area contributed by atoms with Crippen LogP contribution < -0.4 is 0 Å². The zero-order valence-corrected chi connectivity index (χ0v) is 7.83. The molecule has 2 rings (SSSR count). The number of hydrogen-bond acceptors (Lipinski definition) is 1. The summed E-state index contributed by atoms with van der Waals surface area (Å²) in [5.41, 5.74) is 1.24. The van der Waals surface area contributed by atoms with Gasteiger partial charge in [-0.2, -0.15) is 0 Å². The molecule has 0 unspecified atom stereocenters. The molecule has 2 heteroatoms. The molecule has 0 bridgehead atoms. The van der Waals surface area contributed by atoms with Gasteiger partial charge >= 0.3 is 0 Å². The summed E-state index contributed by atoms with van der Waals surface area (Å²) in [6, 6.07) is 7.37. The van der Waals surface area contributed by atoms with Gasteiger partial charge in [0.05, 0.1) is 0 Å². The minimum absolute atomic E-state index is 0.149. The molecule has 1 atom stereocenters. The zero-order valence-electron chi connectivity index (χ0n) is 7.83. The van der Waals surface area contributed by atoms with E-state index in [2.05, 4.69) is 11.9 Å². The Kier molecular flexibility index (Phi) is 2.32. The molecule has 1 aromatic carbocycles. The molecule has 70 valence electrons. The van der Waals surface area contributed by atoms with Gasteiger partial charge in [-0.3, -0.25) is 4.90 Å². The average Bonchev–Trinajstić information content (AvgIpc) is 2.53. The Labute approximate surface area is 78.2 Å². The Morgan fingerprint density at radius 2 is 2.00 bits per heavy atom. The van der Waals surface area contributed by atoms with E-state index in [0.29, 0.717) is 6.04 Å². The molecular formula is C11H14FN. The summed E-state index contributed by atoms with van der Waals surface area (Å²) in [4.78, 5) is 2.33. The maximum absolute atomic E-state index is 12.7. The second-order valence-corrected chi connectivity index (χ2v) is 3.69. The summed E-state index contributed by atoms with van der Waals surface area (Å²) in [6.45, 7) is 1.15. The van der Waals surface area contributed by atoms with Crippen molar-refractivity contribution in [1.29, 1.82) is 0 Å². The molecule has 0 spiro atoms. The van der Waals surface area contributed by atoms with Crippen LogP contribution in [0.3, 0.4) is 0 Å². The van der Waals surface area contributed by atoms with Crippen molar-refractivity contribution < 1.29 is 4.39 Å². The lowest BCUT2D eigenvalue weighted by Gasteiger charge is -2.19. The van der Waals surface area contributed by atoms with Crippen LogP contribution in [0.15, 0.2) is 24.3 Å². The summed E-state index contributed by atoms with van der Waals surface area (Å²) < 4.78 is 12.7. The predicted molar refractivity (Wildman–Crippen MR) is 51.0 cm³/mol. The maximum atomic E-state index is 12.7. The summed E-state index contributed by atoms with van der Waals surface area (Å²) in [5, 5.41) is 0. The van der Waals surface area contributed by atoms with Crippen LogP contribution in [0.1, 0.15) is 24.4 Å². The second-order valence-electron chi connectivity index (χ2n) is 3.69. The first kappa shape index (κ1) is 8.70. The van der Waals surface area contributed by atoms with E-state index < -0.39 is 0 Å². The van der Waals surface area contributed by atoms with Crippen LogP contribution in [0.4, 0.5) is 4.39 Å². The van der Waals surface area contributed by atoms with E-state index in [-0.39, 0.29) is 5.82 Å². The average molecular weight is 179 g/mol. The van der Waals surface area contributed by atoms with E-state index >= 15 is 0 Å². The lowest BCUT2D eigenvalue weighted by Crippen LogP contribution is -2.17. The van der Waals surface area contributed by atoms with E-state index in [1.165, 1.54) is 18.4 Å². The molecule has 1 heterocycles. The molecule has 13 heavy (non-hydrogen) atoms. The fourth-order valence-electron chi connectivity index (χ4n) is 2.02. The van der Waals surface area contributed by atoms with Gasteiger partial charge in [-0.15, -0.1) is 0 Å². The SMILES string of the molecule is CN1CCC[C@H]1c1ccc(F)cc1. The Morgan fingerprint density at radius 3 is 2.54 bits per heavy atom. The van der Waals surface area contributed by atoms with Crippen molar-refractivity contribution in [3.05, 3.63) is 35.6 Å². The van der Waals surface area contributed by atoms with E-state index in [9.17, 15) is 4.39 Å². The standard InChI is InChI=1S/C11H14FN/c1-13-8-2-3-11(13)9-4-6-10(12)7-5-9/h4-7,11H,2-3,8H2,1H3/t11-/m0/s1. The van der Waals surface area contributed by atoms with Crippen LogP contribution >= 0.6 is 0 Å². The van der Waals surface area contributed by atoms with Crippen molar-refractivity contribution in [3.63, 3.8) is 0 Å². The smallest absolute Gasteiger partial charge is 0.123 e. The Bertz CT molecular complexity index is 281. The van der Waals surface area contributed by atoms with Crippen LogP contribution in [0, 0.1) is 5.82 Å². The van der Waals surface area contributed by atoms with Gasteiger partial charge in [0.1, 0.15) is 5.82 Å². The molecular weight excluding hydrogens is 165 g/mol. The van der Waals surface area contributed by atoms with Crippen LogP contribution in [0.2, 0.25) is 0 Å². The molecule has 1 nitrogen and oxygen atoms in total. The van der Waals surface area contributed by atoms with Gasteiger partial charge in [0.2, 0.25) is 0 Å². The van der Waals surface area contributed by atoms with E-state index in [0.717, 1.165) is 6.54 Å². The van der Waals surface area contributed by atoms with Crippen LogP contribution in [-0.4, -0.2) is 18.5 Å². The van der Waals surface area contributed by atoms with Crippen LogP contribution in [0.25, 0.3) is 0 Å². The third-order valence-electron chi connectivity index (χ3n) is 2.78. The number of benzene rings is 1. The second kappa shape index (κ2) is 3.46. The van der Waals surface area contributed by atoms with Gasteiger partial charge < -0.3 is 0 Å². The summed E-state index contributed by atoms with van der Waals surface area (Å²) in [5.74, 6) is -0.149. The van der Waals surface area contributed by atoms with E-state index in [4.69, 9.17) is 0 Å². The fraction of sp³-hybridized carbons (Fsp3) is 0.455. The number of rotatable bonds is 1. The number of likely N-dealkylation sites (tertiary alicyclic amines) is 1. The van der Waals surface area contributed by atoms with Crippen molar-refractivity contribution in [2.24, 2.45) is 0 Å². The van der Waals surface area contributed by atoms with Gasteiger partial charge in [-0.05, 0) is 44.1 Å². The molecule has 1 aromatic rings. The lowest BCUT2D eigenvalue weighted by atomic mass is 10.1. The molecule has 0 saturated carbocycles. The molecule has 0 aromatic heterocycles. The summed E-state index contributed by atoms with van der Waals surface area (Å²) in [7, 11) is 2.13. The van der Waals surface area contributed by atoms with Gasteiger partial charge in [0.15, 0.2) is 0 Å². The quantitative estimate of drug-likeness (QED) is 0.640. The van der Waals surface area contributed by atoms with Gasteiger partial charge in [-0.1, -0.05) is 12.1 Å². The highest BCUT2D eigenvalue weighted by Crippen LogP contribution is 2.29. The molecule has 0 radical (unpaired) electrons. The number of nitrogens with zero attached hydrogens (tertiary/aromatic N) is 1. The highest BCUT2D eigenvalue weighted by atomic mass is 19.1. The largest absolute Gasteiger partial charge is 0.299 e. The first-order chi connectivity index (χ1) is 6.27. The molecule has 0 N–H and O–H groups in total. The van der Waals surface area contributed by atoms with E-state index in [1.54, 1.807) is 12.1 Å². The van der Waals surface area contributed by atoms with Crippen molar-refractivity contribution in [3.8, 4) is 0 Å². The summed E-state index contributed by atoms with van der Waals surface area (Å²) >= 11 is 0. The molecule has 1 aliphatic heterocycles. The zero-order chi connectivity index (χ0) is 9.26. The first-order valence-corrected chi connectivity index (χ1v) is 4.73. The van der Waals surface area contributed by atoms with Crippen LogP contribution in [0.5, 0.6) is 0 Å². The first-order valence-electron chi connectivity index (χ1n) is 4.73. The minimum atomic E-state index is -0.149. The van der Waals surface area contributed by atoms with Crippen LogP contribution in [-0.2, 0) is 0 Å². The van der Waals surface area contributed by atoms with Crippen molar-refractivity contribution in [1.82, 2.24) is 4.90 Å². The molecule has 1 fully saturated rings. The maximum Gasteiger partial charge on any atom is 0.123 e. The van der Waals surface area contributed by atoms with Crippen molar-refractivity contribution >= 4 is 0 Å². The Hall–Kier alpha value is -0.890. The Balaban J connectivity index is 2.20. The van der Waals surface area contributed by atoms with Gasteiger partial charge in [0.25, 0.3) is 0 Å². The monoisotopic (exact) mass is 179 g/mol.